The number of hydrogen-bond donors (Lipinski definition) is 2. The fourth-order valence-corrected chi connectivity index (χ4v) is 2.90. The fraction of sp³-hybridized carbons (Fsp3) is 0.250. The Morgan fingerprint density at radius 1 is 0.935 bits per heavy atom. The Balaban J connectivity index is 0.000000501. The van der Waals surface area contributed by atoms with E-state index >= 15 is 0 Å². The first-order valence-corrected chi connectivity index (χ1v) is 9.14. The number of benzene rings is 2. The molecule has 1 aliphatic heterocycles. The first kappa shape index (κ1) is 23.4. The number of carboxylic acid groups (broad SMARTS) is 2. The smallest absolute Gasteiger partial charge is 0.414 e. The van der Waals surface area contributed by atoms with Gasteiger partial charge < -0.3 is 15.1 Å². The van der Waals surface area contributed by atoms with E-state index in [1.807, 2.05) is 0 Å². The maximum atomic E-state index is 13.7. The molecule has 31 heavy (non-hydrogen) atoms. The molecule has 0 radical (unpaired) electrons. The molecule has 1 fully saturated rings. The number of carbonyl (C=O) groups excluding carboxylic acids is 1. The van der Waals surface area contributed by atoms with Crippen molar-refractivity contribution in [2.24, 2.45) is 0 Å². The monoisotopic (exact) mass is 433 g/mol. The molecule has 2 aromatic carbocycles. The average molecular weight is 433 g/mol. The molecule has 10 nitrogen and oxygen atoms in total. The molecule has 11 heteroatoms. The number of nitro benzene ring substituents is 1. The molecule has 0 bridgehead atoms. The van der Waals surface area contributed by atoms with E-state index in [4.69, 9.17) is 19.8 Å². The fourth-order valence-electron chi connectivity index (χ4n) is 2.90. The Labute approximate surface area is 176 Å². The summed E-state index contributed by atoms with van der Waals surface area (Å²) in [5.74, 6) is -4.43. The molecule has 0 spiro atoms. The molecule has 1 aliphatic rings. The van der Waals surface area contributed by atoms with Crippen LogP contribution in [0.4, 0.5) is 10.1 Å². The second kappa shape index (κ2) is 10.8. The Kier molecular flexibility index (Phi) is 8.15. The molecule has 2 N–H and O–H groups in total. The van der Waals surface area contributed by atoms with Gasteiger partial charge in [0.1, 0.15) is 5.82 Å². The highest BCUT2D eigenvalue weighted by molar-refractivity contribution is 6.27. The van der Waals surface area contributed by atoms with Gasteiger partial charge in [0.2, 0.25) is 0 Å². The van der Waals surface area contributed by atoms with Crippen LogP contribution in [0.1, 0.15) is 15.9 Å². The van der Waals surface area contributed by atoms with Crippen LogP contribution in [0.3, 0.4) is 0 Å². The first-order valence-electron chi connectivity index (χ1n) is 9.14. The molecule has 0 unspecified atom stereocenters. The summed E-state index contributed by atoms with van der Waals surface area (Å²) in [7, 11) is 0. The third-order valence-electron chi connectivity index (χ3n) is 4.50. The lowest BCUT2D eigenvalue weighted by molar-refractivity contribution is -0.384. The zero-order valence-corrected chi connectivity index (χ0v) is 16.3. The van der Waals surface area contributed by atoms with Gasteiger partial charge in [0.05, 0.1) is 10.5 Å². The largest absolute Gasteiger partial charge is 0.473 e. The summed E-state index contributed by atoms with van der Waals surface area (Å²) >= 11 is 0. The lowest BCUT2D eigenvalue weighted by atomic mass is 10.1. The number of nitrogens with zero attached hydrogens (tertiary/aromatic N) is 3. The second-order valence-corrected chi connectivity index (χ2v) is 6.58. The summed E-state index contributed by atoms with van der Waals surface area (Å²) in [5.41, 5.74) is 1.16. The van der Waals surface area contributed by atoms with Crippen molar-refractivity contribution >= 4 is 23.5 Å². The van der Waals surface area contributed by atoms with Crippen LogP contribution in [0, 0.1) is 15.9 Å². The molecule has 0 aromatic heterocycles. The van der Waals surface area contributed by atoms with E-state index in [1.54, 1.807) is 29.2 Å². The van der Waals surface area contributed by atoms with Gasteiger partial charge >= 0.3 is 11.9 Å². The predicted molar refractivity (Wildman–Crippen MR) is 106 cm³/mol. The van der Waals surface area contributed by atoms with Gasteiger partial charge in [-0.25, -0.2) is 14.0 Å². The summed E-state index contributed by atoms with van der Waals surface area (Å²) in [6.45, 7) is 3.08. The van der Waals surface area contributed by atoms with Gasteiger partial charge in [-0.2, -0.15) is 0 Å². The second-order valence-electron chi connectivity index (χ2n) is 6.58. The number of carbonyl (C=O) groups is 3. The van der Waals surface area contributed by atoms with Crippen LogP contribution in [-0.2, 0) is 16.1 Å². The minimum Gasteiger partial charge on any atom is -0.473 e. The Bertz CT molecular complexity index is 946. The minimum atomic E-state index is -1.82. The highest BCUT2D eigenvalue weighted by Crippen LogP contribution is 2.16. The average Bonchev–Trinajstić information content (AvgIpc) is 2.75. The van der Waals surface area contributed by atoms with Gasteiger partial charge in [-0.3, -0.25) is 19.8 Å². The Morgan fingerprint density at radius 3 is 1.97 bits per heavy atom. The number of carboxylic acids is 2. The molecule has 2 aromatic rings. The SMILES string of the molecule is O=C(O)C(=O)O.O=C(c1ccccc1F)N1CCN(Cc2ccc([N+](=O)[O-])cc2)CC1. The molecule has 1 amide bonds. The number of piperazine rings is 1. The van der Waals surface area contributed by atoms with Crippen molar-refractivity contribution in [2.75, 3.05) is 26.2 Å². The van der Waals surface area contributed by atoms with Crippen LogP contribution < -0.4 is 0 Å². The Hall–Kier alpha value is -3.86. The quantitative estimate of drug-likeness (QED) is 0.423. The van der Waals surface area contributed by atoms with Gasteiger partial charge in [-0.05, 0) is 17.7 Å². The van der Waals surface area contributed by atoms with E-state index in [0.717, 1.165) is 5.56 Å². The van der Waals surface area contributed by atoms with Crippen LogP contribution in [0.25, 0.3) is 0 Å². The van der Waals surface area contributed by atoms with E-state index in [9.17, 15) is 19.3 Å². The van der Waals surface area contributed by atoms with E-state index in [0.29, 0.717) is 32.7 Å². The highest BCUT2D eigenvalue weighted by Gasteiger charge is 2.23. The standard InChI is InChI=1S/C18H18FN3O3.C2H2O4/c19-17-4-2-1-3-16(17)18(23)21-11-9-20(10-12-21)13-14-5-7-15(8-6-14)22(24)25;3-1(4)2(5)6/h1-8H,9-13H2;(H,3,4)(H,5,6). The minimum absolute atomic E-state index is 0.0732. The first-order chi connectivity index (χ1) is 14.7. The topological polar surface area (TPSA) is 141 Å². The van der Waals surface area contributed by atoms with E-state index < -0.39 is 22.7 Å². The number of amides is 1. The van der Waals surface area contributed by atoms with E-state index in [-0.39, 0.29) is 17.2 Å². The van der Waals surface area contributed by atoms with Crippen molar-refractivity contribution in [3.05, 3.63) is 75.6 Å². The summed E-state index contributed by atoms with van der Waals surface area (Å²) < 4.78 is 13.7. The highest BCUT2D eigenvalue weighted by atomic mass is 19.1. The number of aliphatic carboxylic acids is 2. The van der Waals surface area contributed by atoms with Gasteiger partial charge in [0, 0.05) is 44.9 Å². The van der Waals surface area contributed by atoms with Crippen LogP contribution in [0.5, 0.6) is 0 Å². The lowest BCUT2D eigenvalue weighted by Crippen LogP contribution is -2.48. The van der Waals surface area contributed by atoms with Gasteiger partial charge in [0.15, 0.2) is 0 Å². The molecule has 164 valence electrons. The maximum Gasteiger partial charge on any atom is 0.414 e. The van der Waals surface area contributed by atoms with Crippen molar-refractivity contribution < 1.29 is 33.9 Å². The molecule has 0 atom stereocenters. The normalized spacial score (nSPS) is 13.6. The molecule has 3 rings (SSSR count). The molecule has 0 aliphatic carbocycles. The number of hydrogen-bond acceptors (Lipinski definition) is 6. The van der Waals surface area contributed by atoms with Gasteiger partial charge in [0.25, 0.3) is 11.6 Å². The summed E-state index contributed by atoms with van der Waals surface area (Å²) in [5, 5.41) is 25.5. The molecular formula is C20H20FN3O7. The van der Waals surface area contributed by atoms with E-state index in [1.165, 1.54) is 24.3 Å². The number of non-ortho nitro benzene ring substituents is 1. The van der Waals surface area contributed by atoms with Gasteiger partial charge in [-0.1, -0.05) is 24.3 Å². The van der Waals surface area contributed by atoms with Crippen LogP contribution in [0.2, 0.25) is 0 Å². The van der Waals surface area contributed by atoms with Crippen molar-refractivity contribution in [2.45, 2.75) is 6.54 Å². The van der Waals surface area contributed by atoms with Crippen molar-refractivity contribution in [3.8, 4) is 0 Å². The molecule has 0 saturated carbocycles. The van der Waals surface area contributed by atoms with Crippen LogP contribution in [-0.4, -0.2) is 69.0 Å². The predicted octanol–water partition coefficient (Wildman–Crippen LogP) is 1.85. The van der Waals surface area contributed by atoms with Crippen molar-refractivity contribution in [3.63, 3.8) is 0 Å². The lowest BCUT2D eigenvalue weighted by Gasteiger charge is -2.34. The number of rotatable bonds is 4. The van der Waals surface area contributed by atoms with E-state index in [2.05, 4.69) is 4.90 Å². The Morgan fingerprint density at radius 2 is 1.48 bits per heavy atom. The molecule has 1 saturated heterocycles. The summed E-state index contributed by atoms with van der Waals surface area (Å²) in [6.07, 6.45) is 0. The summed E-state index contributed by atoms with van der Waals surface area (Å²) in [6, 6.07) is 12.5. The number of nitro groups is 1. The molecule has 1 heterocycles. The number of halogens is 1. The third-order valence-corrected chi connectivity index (χ3v) is 4.50. The zero-order chi connectivity index (χ0) is 23.0. The van der Waals surface area contributed by atoms with Crippen LogP contribution >= 0.6 is 0 Å². The maximum absolute atomic E-state index is 13.7. The van der Waals surface area contributed by atoms with Crippen molar-refractivity contribution in [1.82, 2.24) is 9.80 Å². The molecular weight excluding hydrogens is 413 g/mol. The third kappa shape index (κ3) is 6.85. The summed E-state index contributed by atoms with van der Waals surface area (Å²) in [4.78, 5) is 44.7. The zero-order valence-electron chi connectivity index (χ0n) is 16.3. The van der Waals surface area contributed by atoms with Gasteiger partial charge in [-0.15, -0.1) is 0 Å². The van der Waals surface area contributed by atoms with Crippen LogP contribution in [0.15, 0.2) is 48.5 Å². The van der Waals surface area contributed by atoms with Crippen molar-refractivity contribution in [1.29, 1.82) is 0 Å².